The number of carbonyl (C=O) groups is 1. The van der Waals surface area contributed by atoms with Crippen molar-refractivity contribution in [2.75, 3.05) is 12.5 Å². The molecule has 5 heteroatoms. The molecule has 4 rings (SSSR count). The quantitative estimate of drug-likeness (QED) is 0.626. The van der Waals surface area contributed by atoms with Gasteiger partial charge in [-0.2, -0.15) is 0 Å². The van der Waals surface area contributed by atoms with E-state index in [0.29, 0.717) is 30.1 Å². The van der Waals surface area contributed by atoms with Gasteiger partial charge in [-0.25, -0.2) is 0 Å². The Morgan fingerprint density at radius 2 is 2.32 bits per heavy atom. The lowest BCUT2D eigenvalue weighted by atomic mass is 9.72. The summed E-state index contributed by atoms with van der Waals surface area (Å²) in [7, 11) is 0. The smallest absolute Gasteiger partial charge is 0.196 e. The monoisotopic (exact) mass is 324 g/mol. The summed E-state index contributed by atoms with van der Waals surface area (Å²) in [6.45, 7) is 6.28. The lowest BCUT2D eigenvalue weighted by Crippen LogP contribution is -2.49. The molecule has 0 aromatic heterocycles. The number of alkyl halides is 1. The molecule has 0 radical (unpaired) electrons. The van der Waals surface area contributed by atoms with Crippen LogP contribution in [0.1, 0.15) is 32.6 Å². The third kappa shape index (κ3) is 1.81. The maximum Gasteiger partial charge on any atom is 0.196 e. The molecule has 0 unspecified atom stereocenters. The molecule has 22 heavy (non-hydrogen) atoms. The molecule has 0 aromatic rings. The maximum atomic E-state index is 12.7. The van der Waals surface area contributed by atoms with E-state index in [1.54, 1.807) is 0 Å². The molecular formula is C17H21ClO4. The number of halogens is 1. The highest BCUT2D eigenvalue weighted by Crippen LogP contribution is 2.55. The first kappa shape index (κ1) is 14.7. The van der Waals surface area contributed by atoms with Gasteiger partial charge < -0.3 is 14.6 Å². The molecule has 2 heterocycles. The standard InChI is InChI=1S/C17H21ClO4/c1-9(7-18)10-3-4-16(2)12(10)5-11-14(22-16)13-6-17(20,8-21-13)15(11)19/h10,12-13,20H,1,3-8H2,2H3/t10-,12-,13+,16-,17+/m0/s1. The summed E-state index contributed by atoms with van der Waals surface area (Å²) in [5, 5.41) is 10.5. The van der Waals surface area contributed by atoms with Gasteiger partial charge in [-0.15, -0.1) is 11.6 Å². The Balaban J connectivity index is 1.72. The van der Waals surface area contributed by atoms with Crippen LogP contribution in [0, 0.1) is 11.8 Å². The summed E-state index contributed by atoms with van der Waals surface area (Å²) in [4.78, 5) is 12.7. The summed E-state index contributed by atoms with van der Waals surface area (Å²) in [6.07, 6.45) is 2.60. The summed E-state index contributed by atoms with van der Waals surface area (Å²) < 4.78 is 11.9. The number of rotatable bonds is 2. The van der Waals surface area contributed by atoms with Crippen LogP contribution in [0.2, 0.25) is 0 Å². The number of Topliss-reactive ketones (excluding diaryl/α,β-unsaturated/α-hetero) is 1. The van der Waals surface area contributed by atoms with E-state index in [1.807, 2.05) is 0 Å². The Bertz CT molecular complexity index is 597. The van der Waals surface area contributed by atoms with Crippen molar-refractivity contribution in [3.8, 4) is 0 Å². The molecule has 0 aromatic carbocycles. The van der Waals surface area contributed by atoms with E-state index in [0.717, 1.165) is 18.4 Å². The van der Waals surface area contributed by atoms with Crippen molar-refractivity contribution < 1.29 is 19.4 Å². The van der Waals surface area contributed by atoms with Crippen LogP contribution in [-0.2, 0) is 14.3 Å². The third-order valence-corrected chi connectivity index (χ3v) is 6.36. The van der Waals surface area contributed by atoms with Crippen molar-refractivity contribution in [3.05, 3.63) is 23.5 Å². The first-order valence-electron chi connectivity index (χ1n) is 7.92. The zero-order valence-electron chi connectivity index (χ0n) is 12.7. The van der Waals surface area contributed by atoms with Crippen LogP contribution in [0.4, 0.5) is 0 Å². The maximum absolute atomic E-state index is 12.7. The topological polar surface area (TPSA) is 55.8 Å². The van der Waals surface area contributed by atoms with Gasteiger partial charge in [-0.05, 0) is 32.1 Å². The molecule has 1 saturated carbocycles. The minimum absolute atomic E-state index is 0.0755. The lowest BCUT2D eigenvalue weighted by Gasteiger charge is -2.44. The van der Waals surface area contributed by atoms with Crippen LogP contribution >= 0.6 is 11.6 Å². The number of fused-ring (bicyclic) bond motifs is 4. The van der Waals surface area contributed by atoms with Gasteiger partial charge in [0.05, 0.1) is 6.61 Å². The highest BCUT2D eigenvalue weighted by atomic mass is 35.5. The molecule has 2 bridgehead atoms. The van der Waals surface area contributed by atoms with Crippen molar-refractivity contribution in [2.45, 2.75) is 49.9 Å². The SMILES string of the molecule is C=C(CCl)[C@@H]1CC[C@]2(C)OC3=C(C[C@@H]12)C(=O)[C@]1(O)CO[C@@H]3C1. The zero-order valence-corrected chi connectivity index (χ0v) is 13.5. The van der Waals surface area contributed by atoms with Gasteiger partial charge in [0.1, 0.15) is 17.5 Å². The number of hydrogen-bond donors (Lipinski definition) is 1. The van der Waals surface area contributed by atoms with Crippen LogP contribution in [0.15, 0.2) is 23.5 Å². The van der Waals surface area contributed by atoms with Crippen LogP contribution in [0.25, 0.3) is 0 Å². The Hall–Kier alpha value is -0.840. The van der Waals surface area contributed by atoms with Crippen LogP contribution in [0.5, 0.6) is 0 Å². The van der Waals surface area contributed by atoms with E-state index in [4.69, 9.17) is 21.1 Å². The number of ketones is 1. The van der Waals surface area contributed by atoms with E-state index in [9.17, 15) is 9.90 Å². The van der Waals surface area contributed by atoms with E-state index in [-0.39, 0.29) is 35.9 Å². The molecule has 1 saturated heterocycles. The van der Waals surface area contributed by atoms with Crippen molar-refractivity contribution in [1.82, 2.24) is 0 Å². The number of ether oxygens (including phenoxy) is 2. The molecule has 120 valence electrons. The normalized spacial score (nSPS) is 46.3. The Morgan fingerprint density at radius 3 is 3.05 bits per heavy atom. The highest BCUT2D eigenvalue weighted by Gasteiger charge is 2.59. The molecule has 2 aliphatic carbocycles. The van der Waals surface area contributed by atoms with E-state index in [2.05, 4.69) is 13.5 Å². The summed E-state index contributed by atoms with van der Waals surface area (Å²) in [5.74, 6) is 1.37. The second-order valence-corrected chi connectivity index (χ2v) is 7.64. The molecule has 0 amide bonds. The number of aliphatic hydroxyl groups is 1. The summed E-state index contributed by atoms with van der Waals surface area (Å²) in [6, 6.07) is 0. The van der Waals surface area contributed by atoms with Gasteiger partial charge in [0, 0.05) is 23.8 Å². The molecule has 5 atom stereocenters. The van der Waals surface area contributed by atoms with Gasteiger partial charge in [0.15, 0.2) is 11.4 Å². The van der Waals surface area contributed by atoms with Crippen molar-refractivity contribution in [3.63, 3.8) is 0 Å². The zero-order chi connectivity index (χ0) is 15.7. The molecule has 1 N–H and O–H groups in total. The minimum Gasteiger partial charge on any atom is -0.488 e. The summed E-state index contributed by atoms with van der Waals surface area (Å²) >= 11 is 5.97. The molecule has 2 aliphatic heterocycles. The fraction of sp³-hybridized carbons (Fsp3) is 0.706. The minimum atomic E-state index is -1.35. The predicted octanol–water partition coefficient (Wildman–Crippen LogP) is 2.34. The van der Waals surface area contributed by atoms with Crippen molar-refractivity contribution >= 4 is 17.4 Å². The highest BCUT2D eigenvalue weighted by molar-refractivity contribution is 6.19. The van der Waals surface area contributed by atoms with Crippen LogP contribution in [-0.4, -0.2) is 40.7 Å². The first-order valence-corrected chi connectivity index (χ1v) is 8.46. The molecule has 2 fully saturated rings. The van der Waals surface area contributed by atoms with Gasteiger partial charge in [0.25, 0.3) is 0 Å². The van der Waals surface area contributed by atoms with Crippen molar-refractivity contribution in [2.24, 2.45) is 11.8 Å². The Kier molecular flexibility index (Phi) is 3.07. The average Bonchev–Trinajstić information content (AvgIpc) is 3.02. The first-order chi connectivity index (χ1) is 10.4. The van der Waals surface area contributed by atoms with E-state index >= 15 is 0 Å². The Morgan fingerprint density at radius 1 is 1.55 bits per heavy atom. The average molecular weight is 325 g/mol. The number of allylic oxidation sites excluding steroid dienone is 1. The van der Waals surface area contributed by atoms with E-state index in [1.165, 1.54) is 0 Å². The van der Waals surface area contributed by atoms with Gasteiger partial charge in [-0.3, -0.25) is 4.79 Å². The Labute approximate surface area is 135 Å². The number of carbonyl (C=O) groups excluding carboxylic acids is 1. The molecule has 4 nitrogen and oxygen atoms in total. The lowest BCUT2D eigenvalue weighted by molar-refractivity contribution is -0.136. The summed E-state index contributed by atoms with van der Waals surface area (Å²) in [5.41, 5.74) is 0.00972. The second kappa shape index (κ2) is 4.59. The van der Waals surface area contributed by atoms with Gasteiger partial charge >= 0.3 is 0 Å². The second-order valence-electron chi connectivity index (χ2n) is 7.37. The number of hydrogen-bond acceptors (Lipinski definition) is 4. The third-order valence-electron chi connectivity index (χ3n) is 6.02. The van der Waals surface area contributed by atoms with E-state index < -0.39 is 5.60 Å². The van der Waals surface area contributed by atoms with Gasteiger partial charge in [-0.1, -0.05) is 12.2 Å². The van der Waals surface area contributed by atoms with Crippen LogP contribution in [0.3, 0.4) is 0 Å². The fourth-order valence-electron chi connectivity index (χ4n) is 4.70. The van der Waals surface area contributed by atoms with Crippen LogP contribution < -0.4 is 0 Å². The molecule has 0 spiro atoms. The predicted molar refractivity (Wildman–Crippen MR) is 81.5 cm³/mol. The molecule has 4 aliphatic rings. The fourth-order valence-corrected chi connectivity index (χ4v) is 4.89. The van der Waals surface area contributed by atoms with Gasteiger partial charge in [0.2, 0.25) is 0 Å². The molecular weight excluding hydrogens is 304 g/mol. The largest absolute Gasteiger partial charge is 0.488 e. The van der Waals surface area contributed by atoms with Crippen molar-refractivity contribution in [1.29, 1.82) is 0 Å².